The van der Waals surface area contributed by atoms with E-state index in [2.05, 4.69) is 0 Å². The molecule has 8 nitrogen and oxygen atoms in total. The van der Waals surface area contributed by atoms with Crippen molar-refractivity contribution < 1.29 is 42.5 Å². The van der Waals surface area contributed by atoms with Crippen molar-refractivity contribution in [2.24, 2.45) is 11.8 Å². The van der Waals surface area contributed by atoms with E-state index < -0.39 is 64.5 Å². The van der Waals surface area contributed by atoms with Crippen molar-refractivity contribution in [3.8, 4) is 0 Å². The van der Waals surface area contributed by atoms with Crippen LogP contribution in [0.1, 0.15) is 25.8 Å². The van der Waals surface area contributed by atoms with Gasteiger partial charge in [-0.2, -0.15) is 0 Å². The lowest BCUT2D eigenvalue weighted by Crippen LogP contribution is -2.54. The van der Waals surface area contributed by atoms with E-state index >= 15 is 0 Å². The number of carbonyl (C=O) groups is 4. The Balaban J connectivity index is 1.68. The van der Waals surface area contributed by atoms with Crippen molar-refractivity contribution in [1.29, 1.82) is 0 Å². The molecule has 2 heterocycles. The molecular formula is C19H17F2NO7. The number of carbonyl (C=O) groups excluding carboxylic acids is 3. The van der Waals surface area contributed by atoms with Crippen LogP contribution in [0.5, 0.6) is 0 Å². The molecule has 1 aromatic carbocycles. The molecule has 0 bridgehead atoms. The molecule has 1 amide bonds. The molecule has 4 rings (SSSR count). The standard InChI is InChI=1S/C19H17F2NO7/c1-18(2)28-15(24)12(16(25)29-18)14(23)13-10-6-19(10,7-22(13)17(26)27)9-5-8(20)3-4-11(9)21/h3-5,10,12-13H,6-7H2,1-2H3,(H,26,27). The molecule has 0 spiro atoms. The fourth-order valence-corrected chi connectivity index (χ4v) is 4.48. The maximum Gasteiger partial charge on any atom is 0.407 e. The molecule has 3 aliphatic rings. The lowest BCUT2D eigenvalue weighted by molar-refractivity contribution is -0.238. The molecule has 3 fully saturated rings. The number of fused-ring (bicyclic) bond motifs is 1. The molecule has 1 aliphatic carbocycles. The zero-order valence-corrected chi connectivity index (χ0v) is 15.5. The lowest BCUT2D eigenvalue weighted by Gasteiger charge is -2.34. The van der Waals surface area contributed by atoms with Gasteiger partial charge in [0.15, 0.2) is 5.78 Å². The van der Waals surface area contributed by atoms with Gasteiger partial charge in [-0.15, -0.1) is 0 Å². The van der Waals surface area contributed by atoms with Gasteiger partial charge in [0.25, 0.3) is 5.79 Å². The lowest BCUT2D eigenvalue weighted by atomic mass is 9.90. The minimum atomic E-state index is -1.93. The zero-order chi connectivity index (χ0) is 21.3. The average Bonchev–Trinajstić information content (AvgIpc) is 3.20. The number of Topliss-reactive ketones (excluding diaryl/α,β-unsaturated/α-hetero) is 1. The number of esters is 2. The van der Waals surface area contributed by atoms with Crippen LogP contribution in [-0.2, 0) is 29.3 Å². The number of ether oxygens (including phenoxy) is 2. The Morgan fingerprint density at radius 2 is 1.79 bits per heavy atom. The highest BCUT2D eigenvalue weighted by Gasteiger charge is 2.70. The molecule has 0 aromatic heterocycles. The summed E-state index contributed by atoms with van der Waals surface area (Å²) in [7, 11) is 0. The van der Waals surface area contributed by atoms with E-state index in [9.17, 15) is 33.1 Å². The third kappa shape index (κ3) is 2.85. The van der Waals surface area contributed by atoms with E-state index in [0.717, 1.165) is 23.1 Å². The summed E-state index contributed by atoms with van der Waals surface area (Å²) in [5.74, 6) is -8.82. The van der Waals surface area contributed by atoms with Gasteiger partial charge in [-0.1, -0.05) is 0 Å². The summed E-state index contributed by atoms with van der Waals surface area (Å²) in [5, 5.41) is 9.54. The van der Waals surface area contributed by atoms with Crippen LogP contribution in [0.25, 0.3) is 0 Å². The van der Waals surface area contributed by atoms with E-state index in [4.69, 9.17) is 9.47 Å². The Morgan fingerprint density at radius 3 is 2.38 bits per heavy atom. The van der Waals surface area contributed by atoms with E-state index in [1.54, 1.807) is 0 Å². The topological polar surface area (TPSA) is 110 Å². The van der Waals surface area contributed by atoms with Gasteiger partial charge in [0.2, 0.25) is 5.92 Å². The Morgan fingerprint density at radius 1 is 1.17 bits per heavy atom. The van der Waals surface area contributed by atoms with Crippen LogP contribution in [0.15, 0.2) is 18.2 Å². The summed E-state index contributed by atoms with van der Waals surface area (Å²) >= 11 is 0. The third-order valence-corrected chi connectivity index (χ3v) is 5.75. The molecule has 3 unspecified atom stereocenters. The number of hydrogen-bond acceptors (Lipinski definition) is 6. The van der Waals surface area contributed by atoms with Crippen LogP contribution in [0, 0.1) is 23.5 Å². The van der Waals surface area contributed by atoms with Crippen LogP contribution in [0.2, 0.25) is 0 Å². The Labute approximate surface area is 163 Å². The van der Waals surface area contributed by atoms with E-state index in [1.807, 2.05) is 0 Å². The van der Waals surface area contributed by atoms with Crippen LogP contribution in [0.3, 0.4) is 0 Å². The monoisotopic (exact) mass is 409 g/mol. The Kier molecular flexibility index (Phi) is 3.97. The summed E-state index contributed by atoms with van der Waals surface area (Å²) in [6.07, 6.45) is -1.25. The van der Waals surface area contributed by atoms with E-state index in [-0.39, 0.29) is 18.5 Å². The number of hydrogen-bond donors (Lipinski definition) is 1. The molecule has 10 heteroatoms. The minimum Gasteiger partial charge on any atom is -0.465 e. The first-order valence-corrected chi connectivity index (χ1v) is 8.91. The largest absolute Gasteiger partial charge is 0.465 e. The highest BCUT2D eigenvalue weighted by Crippen LogP contribution is 2.63. The normalized spacial score (nSPS) is 30.4. The molecule has 1 saturated carbocycles. The summed E-state index contributed by atoms with van der Waals surface area (Å²) in [6, 6.07) is 1.48. The van der Waals surface area contributed by atoms with Gasteiger partial charge in [-0.3, -0.25) is 19.3 Å². The van der Waals surface area contributed by atoms with Gasteiger partial charge >= 0.3 is 18.0 Å². The fourth-order valence-electron chi connectivity index (χ4n) is 4.48. The number of carboxylic acid groups (broad SMARTS) is 1. The maximum absolute atomic E-state index is 14.3. The molecule has 1 N–H and O–H groups in total. The van der Waals surface area contributed by atoms with Gasteiger partial charge in [0.1, 0.15) is 11.6 Å². The maximum atomic E-state index is 14.3. The van der Waals surface area contributed by atoms with Crippen molar-refractivity contribution in [3.63, 3.8) is 0 Å². The van der Waals surface area contributed by atoms with Crippen LogP contribution < -0.4 is 0 Å². The second kappa shape index (κ2) is 5.98. The summed E-state index contributed by atoms with van der Waals surface area (Å²) in [6.45, 7) is 2.38. The van der Waals surface area contributed by atoms with Crippen molar-refractivity contribution >= 4 is 23.8 Å². The molecule has 1 aromatic rings. The SMILES string of the molecule is CC1(C)OC(=O)C(C(=O)C2C3CC3(c3cc(F)ccc3F)CN2C(=O)O)C(=O)O1. The van der Waals surface area contributed by atoms with Gasteiger partial charge in [-0.05, 0) is 36.1 Å². The van der Waals surface area contributed by atoms with Crippen LogP contribution >= 0.6 is 0 Å². The number of likely N-dealkylation sites (tertiary alicyclic amines) is 1. The molecule has 29 heavy (non-hydrogen) atoms. The number of halogens is 2. The van der Waals surface area contributed by atoms with Gasteiger partial charge in [-0.25, -0.2) is 13.6 Å². The van der Waals surface area contributed by atoms with Gasteiger partial charge < -0.3 is 14.6 Å². The number of benzene rings is 1. The number of piperidine rings is 1. The number of rotatable bonds is 3. The summed E-state index contributed by atoms with van der Waals surface area (Å²) in [4.78, 5) is 50.0. The quantitative estimate of drug-likeness (QED) is 0.596. The summed E-state index contributed by atoms with van der Waals surface area (Å²) in [5.41, 5.74) is -1.12. The van der Waals surface area contributed by atoms with Crippen LogP contribution in [-0.4, -0.2) is 52.2 Å². The second-order valence-electron chi connectivity index (χ2n) is 8.02. The van der Waals surface area contributed by atoms with Crippen molar-refractivity contribution in [1.82, 2.24) is 4.90 Å². The molecule has 2 aliphatic heterocycles. The highest BCUT2D eigenvalue weighted by molar-refractivity contribution is 6.18. The number of ketones is 1. The van der Waals surface area contributed by atoms with Crippen molar-refractivity contribution in [2.45, 2.75) is 37.5 Å². The first-order valence-electron chi connectivity index (χ1n) is 8.91. The third-order valence-electron chi connectivity index (χ3n) is 5.75. The molecular weight excluding hydrogens is 392 g/mol. The fraction of sp³-hybridized carbons (Fsp3) is 0.474. The number of cyclic esters (lactones) is 2. The minimum absolute atomic E-state index is 0.0287. The van der Waals surface area contributed by atoms with E-state index in [1.165, 1.54) is 13.8 Å². The average molecular weight is 409 g/mol. The van der Waals surface area contributed by atoms with Gasteiger partial charge in [0.05, 0.1) is 6.04 Å². The smallest absolute Gasteiger partial charge is 0.407 e. The predicted octanol–water partition coefficient (Wildman–Crippen LogP) is 1.61. The molecule has 154 valence electrons. The molecule has 2 saturated heterocycles. The molecule has 0 radical (unpaired) electrons. The zero-order valence-electron chi connectivity index (χ0n) is 15.5. The van der Waals surface area contributed by atoms with Crippen molar-refractivity contribution in [3.05, 3.63) is 35.4 Å². The van der Waals surface area contributed by atoms with E-state index in [0.29, 0.717) is 0 Å². The number of nitrogens with zero attached hydrogens (tertiary/aromatic N) is 1. The first-order chi connectivity index (χ1) is 13.5. The second-order valence-corrected chi connectivity index (χ2v) is 8.02. The predicted molar refractivity (Wildman–Crippen MR) is 89.4 cm³/mol. The highest BCUT2D eigenvalue weighted by atomic mass is 19.1. The Hall–Kier alpha value is -3.04. The number of amides is 1. The van der Waals surface area contributed by atoms with Crippen LogP contribution in [0.4, 0.5) is 13.6 Å². The summed E-state index contributed by atoms with van der Waals surface area (Å²) < 4.78 is 37.9. The first kappa shape index (κ1) is 19.3. The Bertz CT molecular complexity index is 942. The van der Waals surface area contributed by atoms with Crippen molar-refractivity contribution in [2.75, 3.05) is 6.54 Å². The van der Waals surface area contributed by atoms with Gasteiger partial charge in [0, 0.05) is 25.8 Å². The molecule has 3 atom stereocenters.